The van der Waals surface area contributed by atoms with Crippen molar-refractivity contribution in [1.29, 1.82) is 0 Å². The Kier molecular flexibility index (Phi) is 1.42. The highest BCUT2D eigenvalue weighted by molar-refractivity contribution is 5.85. The molecule has 0 aromatic carbocycles. The molecule has 2 aromatic rings. The standard InChI is InChI=1S/C7H6N4O2/c8-7-10-5-4(6(13)11-7)1-3(2-12)9-5/h1-2H,(H4,8,9,10,11,13). The van der Waals surface area contributed by atoms with Crippen LogP contribution in [0.2, 0.25) is 0 Å². The summed E-state index contributed by atoms with van der Waals surface area (Å²) < 4.78 is 0. The number of rotatable bonds is 1. The van der Waals surface area contributed by atoms with Crippen molar-refractivity contribution in [3.63, 3.8) is 0 Å². The number of H-pyrrole nitrogens is 2. The van der Waals surface area contributed by atoms with E-state index in [9.17, 15) is 9.59 Å². The molecule has 0 aliphatic rings. The number of nitrogens with one attached hydrogen (secondary N) is 2. The summed E-state index contributed by atoms with van der Waals surface area (Å²) in [7, 11) is 0. The maximum absolute atomic E-state index is 11.2. The van der Waals surface area contributed by atoms with E-state index >= 15 is 0 Å². The number of nitrogens with zero attached hydrogens (tertiary/aromatic N) is 1. The number of aromatic nitrogens is 3. The summed E-state index contributed by atoms with van der Waals surface area (Å²) in [4.78, 5) is 30.4. The van der Waals surface area contributed by atoms with Crippen molar-refractivity contribution in [3.05, 3.63) is 22.1 Å². The molecule has 4 N–H and O–H groups in total. The SMILES string of the molecule is Nc1nc2[nH]c(C=O)cc2c(=O)[nH]1. The van der Waals surface area contributed by atoms with Gasteiger partial charge in [0, 0.05) is 0 Å². The fraction of sp³-hybridized carbons (Fsp3) is 0. The number of fused-ring (bicyclic) bond motifs is 1. The third-order valence-corrected chi connectivity index (χ3v) is 1.66. The summed E-state index contributed by atoms with van der Waals surface area (Å²) in [5.74, 6) is 0.0248. The van der Waals surface area contributed by atoms with Crippen LogP contribution >= 0.6 is 0 Å². The molecule has 2 rings (SSSR count). The lowest BCUT2D eigenvalue weighted by molar-refractivity contribution is 0.112. The molecule has 13 heavy (non-hydrogen) atoms. The molecule has 0 aliphatic heterocycles. The number of hydrogen-bond donors (Lipinski definition) is 3. The first-order chi connectivity index (χ1) is 6.20. The summed E-state index contributed by atoms with van der Waals surface area (Å²) in [5, 5.41) is 0.330. The lowest BCUT2D eigenvalue weighted by Gasteiger charge is -1.90. The molecule has 2 heterocycles. The minimum absolute atomic E-state index is 0.0248. The van der Waals surface area contributed by atoms with E-state index in [0.29, 0.717) is 23.0 Å². The Balaban J connectivity index is 2.90. The van der Waals surface area contributed by atoms with Crippen LogP contribution in [0.3, 0.4) is 0 Å². The summed E-state index contributed by atoms with van der Waals surface area (Å²) in [6.45, 7) is 0. The second-order valence-corrected chi connectivity index (χ2v) is 2.56. The van der Waals surface area contributed by atoms with Crippen LogP contribution in [-0.2, 0) is 0 Å². The van der Waals surface area contributed by atoms with E-state index in [4.69, 9.17) is 5.73 Å². The number of aromatic amines is 2. The molecule has 0 spiro atoms. The molecule has 6 heteroatoms. The van der Waals surface area contributed by atoms with E-state index in [1.165, 1.54) is 6.07 Å². The lowest BCUT2D eigenvalue weighted by atomic mass is 10.4. The van der Waals surface area contributed by atoms with Gasteiger partial charge in [-0.25, -0.2) is 0 Å². The zero-order valence-electron chi connectivity index (χ0n) is 6.50. The van der Waals surface area contributed by atoms with Crippen molar-refractivity contribution >= 4 is 23.3 Å². The summed E-state index contributed by atoms with van der Waals surface area (Å²) in [6, 6.07) is 1.42. The van der Waals surface area contributed by atoms with Crippen LogP contribution in [0.4, 0.5) is 5.95 Å². The molecule has 0 atom stereocenters. The molecule has 0 saturated carbocycles. The van der Waals surface area contributed by atoms with Gasteiger partial charge in [-0.15, -0.1) is 0 Å². The second-order valence-electron chi connectivity index (χ2n) is 2.56. The number of aldehydes is 1. The molecule has 0 saturated heterocycles. The average molecular weight is 178 g/mol. The van der Waals surface area contributed by atoms with Gasteiger partial charge in [0.05, 0.1) is 11.1 Å². The molecule has 0 unspecified atom stereocenters. The molecular weight excluding hydrogens is 172 g/mol. The zero-order chi connectivity index (χ0) is 9.42. The molecule has 2 aromatic heterocycles. The van der Waals surface area contributed by atoms with Crippen LogP contribution in [0.1, 0.15) is 10.5 Å². The normalized spacial score (nSPS) is 10.5. The number of carbonyl (C=O) groups is 1. The van der Waals surface area contributed by atoms with Crippen LogP contribution in [0.25, 0.3) is 11.0 Å². The van der Waals surface area contributed by atoms with E-state index in [-0.39, 0.29) is 11.5 Å². The lowest BCUT2D eigenvalue weighted by Crippen LogP contribution is -2.09. The molecule has 0 amide bonds. The Morgan fingerprint density at radius 2 is 2.23 bits per heavy atom. The van der Waals surface area contributed by atoms with Crippen molar-refractivity contribution in [3.8, 4) is 0 Å². The Bertz CT molecular complexity index is 525. The van der Waals surface area contributed by atoms with Crippen molar-refractivity contribution in [2.45, 2.75) is 0 Å². The molecule has 0 aliphatic carbocycles. The van der Waals surface area contributed by atoms with Crippen LogP contribution in [0, 0.1) is 0 Å². The zero-order valence-corrected chi connectivity index (χ0v) is 6.50. The van der Waals surface area contributed by atoms with E-state index < -0.39 is 0 Å². The van der Waals surface area contributed by atoms with E-state index in [2.05, 4.69) is 15.0 Å². The van der Waals surface area contributed by atoms with Crippen molar-refractivity contribution in [2.24, 2.45) is 0 Å². The molecule has 6 nitrogen and oxygen atoms in total. The van der Waals surface area contributed by atoms with Gasteiger partial charge in [0.25, 0.3) is 5.56 Å². The summed E-state index contributed by atoms with van der Waals surface area (Å²) in [5.41, 5.74) is 5.57. The van der Waals surface area contributed by atoms with Gasteiger partial charge in [0.2, 0.25) is 5.95 Å². The van der Waals surface area contributed by atoms with Crippen LogP contribution in [0.5, 0.6) is 0 Å². The molecule has 0 fully saturated rings. The van der Waals surface area contributed by atoms with E-state index in [1.54, 1.807) is 0 Å². The Morgan fingerprint density at radius 3 is 2.92 bits per heavy atom. The van der Waals surface area contributed by atoms with Crippen LogP contribution in [-0.4, -0.2) is 21.2 Å². The first-order valence-corrected chi connectivity index (χ1v) is 3.54. The number of nitrogens with two attached hydrogens (primary N) is 1. The maximum Gasteiger partial charge on any atom is 0.261 e. The van der Waals surface area contributed by atoms with Crippen LogP contribution in [0.15, 0.2) is 10.9 Å². The fourth-order valence-electron chi connectivity index (χ4n) is 1.12. The smallest absolute Gasteiger partial charge is 0.261 e. The Hall–Kier alpha value is -2.11. The van der Waals surface area contributed by atoms with E-state index in [1.807, 2.05) is 0 Å². The third kappa shape index (κ3) is 1.08. The number of carbonyl (C=O) groups excluding carboxylic acids is 1. The third-order valence-electron chi connectivity index (χ3n) is 1.66. The van der Waals surface area contributed by atoms with Gasteiger partial charge >= 0.3 is 0 Å². The highest BCUT2D eigenvalue weighted by Gasteiger charge is 2.05. The molecule has 0 radical (unpaired) electrons. The first kappa shape index (κ1) is 7.53. The molecule has 0 bridgehead atoms. The number of nitrogen functional groups attached to an aromatic ring is 1. The highest BCUT2D eigenvalue weighted by atomic mass is 16.1. The summed E-state index contributed by atoms with van der Waals surface area (Å²) >= 11 is 0. The van der Waals surface area contributed by atoms with Gasteiger partial charge in [-0.05, 0) is 6.07 Å². The number of hydrogen-bond acceptors (Lipinski definition) is 4. The fourth-order valence-corrected chi connectivity index (χ4v) is 1.12. The quantitative estimate of drug-likeness (QED) is 0.519. The monoisotopic (exact) mass is 178 g/mol. The predicted molar refractivity (Wildman–Crippen MR) is 46.5 cm³/mol. The van der Waals surface area contributed by atoms with E-state index in [0.717, 1.165) is 0 Å². The average Bonchev–Trinajstić information content (AvgIpc) is 2.47. The van der Waals surface area contributed by atoms with Crippen molar-refractivity contribution in [1.82, 2.24) is 15.0 Å². The molecular formula is C7H6N4O2. The second kappa shape index (κ2) is 2.44. The minimum Gasteiger partial charge on any atom is -0.369 e. The number of anilines is 1. The Morgan fingerprint density at radius 1 is 1.46 bits per heavy atom. The first-order valence-electron chi connectivity index (χ1n) is 3.54. The minimum atomic E-state index is -0.355. The van der Waals surface area contributed by atoms with Gasteiger partial charge in [-0.3, -0.25) is 14.6 Å². The van der Waals surface area contributed by atoms with Crippen molar-refractivity contribution in [2.75, 3.05) is 5.73 Å². The highest BCUT2D eigenvalue weighted by Crippen LogP contribution is 2.07. The Labute approximate surface area is 71.8 Å². The van der Waals surface area contributed by atoms with Gasteiger partial charge in [0.15, 0.2) is 6.29 Å². The topological polar surface area (TPSA) is 105 Å². The van der Waals surface area contributed by atoms with Gasteiger partial charge in [-0.2, -0.15) is 4.98 Å². The van der Waals surface area contributed by atoms with Gasteiger partial charge in [0.1, 0.15) is 5.65 Å². The van der Waals surface area contributed by atoms with Gasteiger partial charge in [-0.1, -0.05) is 0 Å². The maximum atomic E-state index is 11.2. The van der Waals surface area contributed by atoms with Crippen LogP contribution < -0.4 is 11.3 Å². The van der Waals surface area contributed by atoms with Crippen molar-refractivity contribution < 1.29 is 4.79 Å². The largest absolute Gasteiger partial charge is 0.369 e. The van der Waals surface area contributed by atoms with Gasteiger partial charge < -0.3 is 10.7 Å². The summed E-state index contributed by atoms with van der Waals surface area (Å²) in [6.07, 6.45) is 0.608. The predicted octanol–water partition coefficient (Wildman–Crippen LogP) is -0.354. The molecule has 66 valence electrons.